The SMILES string of the molecule is CC(=O)NC(=O)CC1SC(c2ccc(N(C)C)cc2)N(C(N)=S)C1=O. The van der Waals surface area contributed by atoms with E-state index in [1.54, 1.807) is 0 Å². The summed E-state index contributed by atoms with van der Waals surface area (Å²) in [5.74, 6) is -1.27. The Hall–Kier alpha value is -2.13. The van der Waals surface area contributed by atoms with E-state index in [0.717, 1.165) is 11.3 Å². The smallest absolute Gasteiger partial charge is 0.243 e. The molecule has 1 fully saturated rings. The Kier molecular flexibility index (Phi) is 6.02. The van der Waals surface area contributed by atoms with Crippen LogP contribution in [0.2, 0.25) is 0 Å². The number of anilines is 1. The van der Waals surface area contributed by atoms with Crippen molar-refractivity contribution in [3.63, 3.8) is 0 Å². The van der Waals surface area contributed by atoms with Crippen molar-refractivity contribution in [3.8, 4) is 0 Å². The monoisotopic (exact) mass is 380 g/mol. The van der Waals surface area contributed by atoms with Crippen molar-refractivity contribution < 1.29 is 14.4 Å². The molecular weight excluding hydrogens is 360 g/mol. The second-order valence-corrected chi connectivity index (χ2v) is 7.52. The minimum atomic E-state index is -0.639. The molecule has 0 saturated carbocycles. The van der Waals surface area contributed by atoms with Gasteiger partial charge < -0.3 is 10.6 Å². The van der Waals surface area contributed by atoms with Crippen molar-refractivity contribution in [2.75, 3.05) is 19.0 Å². The molecule has 9 heteroatoms. The average molecular weight is 380 g/mol. The Morgan fingerprint density at radius 3 is 2.40 bits per heavy atom. The highest BCUT2D eigenvalue weighted by molar-refractivity contribution is 8.01. The molecule has 1 aliphatic heterocycles. The number of nitrogens with two attached hydrogens (primary N) is 1. The summed E-state index contributed by atoms with van der Waals surface area (Å²) in [6.45, 7) is 1.25. The van der Waals surface area contributed by atoms with Gasteiger partial charge in [0.25, 0.3) is 0 Å². The van der Waals surface area contributed by atoms with E-state index in [4.69, 9.17) is 18.0 Å². The van der Waals surface area contributed by atoms with E-state index >= 15 is 0 Å². The maximum Gasteiger partial charge on any atom is 0.243 e. The Bertz CT molecular complexity index is 706. The number of thiocarbonyl (C=S) groups is 1. The highest BCUT2D eigenvalue weighted by Gasteiger charge is 2.43. The van der Waals surface area contributed by atoms with E-state index in [-0.39, 0.29) is 17.4 Å². The summed E-state index contributed by atoms with van der Waals surface area (Å²) >= 11 is 6.32. The summed E-state index contributed by atoms with van der Waals surface area (Å²) in [6.07, 6.45) is -0.103. The number of hydrogen-bond acceptors (Lipinski definition) is 6. The second kappa shape index (κ2) is 7.83. The molecule has 0 radical (unpaired) electrons. The molecule has 0 bridgehead atoms. The Morgan fingerprint density at radius 1 is 1.32 bits per heavy atom. The summed E-state index contributed by atoms with van der Waals surface area (Å²) in [7, 11) is 3.88. The minimum absolute atomic E-state index is 0.0336. The van der Waals surface area contributed by atoms with Crippen molar-refractivity contribution in [2.24, 2.45) is 5.73 Å². The molecular formula is C16H20N4O3S2. The third-order valence-corrected chi connectivity index (χ3v) is 5.29. The molecule has 3 amide bonds. The van der Waals surface area contributed by atoms with Gasteiger partial charge in [0.05, 0.1) is 5.25 Å². The fraction of sp³-hybridized carbons (Fsp3) is 0.375. The lowest BCUT2D eigenvalue weighted by molar-refractivity contribution is -0.132. The standard InChI is InChI=1S/C16H20N4O3S2/c1-9(21)18-13(22)8-12-14(23)20(16(17)24)15(25-12)10-4-6-11(7-5-10)19(2)3/h4-7,12,15H,8H2,1-3H3,(H2,17,24)(H,18,21,22). The van der Waals surface area contributed by atoms with Crippen LogP contribution in [0.5, 0.6) is 0 Å². The quantitative estimate of drug-likeness (QED) is 0.752. The van der Waals surface area contributed by atoms with Gasteiger partial charge in [-0.1, -0.05) is 12.1 Å². The lowest BCUT2D eigenvalue weighted by Crippen LogP contribution is -2.41. The van der Waals surface area contributed by atoms with Crippen LogP contribution in [0.3, 0.4) is 0 Å². The molecule has 0 aromatic heterocycles. The molecule has 134 valence electrons. The summed E-state index contributed by atoms with van der Waals surface area (Å²) < 4.78 is 0. The van der Waals surface area contributed by atoms with E-state index in [0.29, 0.717) is 0 Å². The van der Waals surface area contributed by atoms with Crippen molar-refractivity contribution >= 4 is 52.5 Å². The molecule has 2 rings (SSSR count). The van der Waals surface area contributed by atoms with Crippen LogP contribution in [0.15, 0.2) is 24.3 Å². The van der Waals surface area contributed by atoms with Gasteiger partial charge in [0.15, 0.2) is 5.11 Å². The molecule has 7 nitrogen and oxygen atoms in total. The van der Waals surface area contributed by atoms with Crippen molar-refractivity contribution in [3.05, 3.63) is 29.8 Å². The van der Waals surface area contributed by atoms with Gasteiger partial charge in [-0.15, -0.1) is 11.8 Å². The highest BCUT2D eigenvalue weighted by atomic mass is 32.2. The largest absolute Gasteiger partial charge is 0.378 e. The van der Waals surface area contributed by atoms with Crippen molar-refractivity contribution in [2.45, 2.75) is 24.0 Å². The van der Waals surface area contributed by atoms with Crippen LogP contribution >= 0.6 is 24.0 Å². The molecule has 1 aromatic rings. The zero-order valence-electron chi connectivity index (χ0n) is 14.2. The fourth-order valence-electron chi connectivity index (χ4n) is 2.49. The Labute approximate surface area is 155 Å². The lowest BCUT2D eigenvalue weighted by Gasteiger charge is -2.22. The summed E-state index contributed by atoms with van der Waals surface area (Å²) in [5.41, 5.74) is 7.62. The normalized spacial score (nSPS) is 19.6. The van der Waals surface area contributed by atoms with Crippen LogP contribution in [-0.2, 0) is 14.4 Å². The minimum Gasteiger partial charge on any atom is -0.378 e. The Morgan fingerprint density at radius 2 is 1.92 bits per heavy atom. The van der Waals surface area contributed by atoms with Gasteiger partial charge in [-0.3, -0.25) is 24.6 Å². The fourth-order valence-corrected chi connectivity index (χ4v) is 4.19. The zero-order chi connectivity index (χ0) is 18.7. The van der Waals surface area contributed by atoms with Gasteiger partial charge in [0.2, 0.25) is 17.7 Å². The molecule has 2 unspecified atom stereocenters. The van der Waals surface area contributed by atoms with Gasteiger partial charge in [-0.25, -0.2) is 0 Å². The number of nitrogens with zero attached hydrogens (tertiary/aromatic N) is 2. The topological polar surface area (TPSA) is 95.7 Å². The van der Waals surface area contributed by atoms with Gasteiger partial charge in [0.1, 0.15) is 5.37 Å². The van der Waals surface area contributed by atoms with Gasteiger partial charge in [-0.05, 0) is 29.9 Å². The maximum absolute atomic E-state index is 12.6. The number of imide groups is 1. The number of hydrogen-bond donors (Lipinski definition) is 2. The number of nitrogens with one attached hydrogen (secondary N) is 1. The average Bonchev–Trinajstić information content (AvgIpc) is 2.83. The first-order chi connectivity index (χ1) is 11.7. The first kappa shape index (κ1) is 19.2. The van der Waals surface area contributed by atoms with E-state index in [1.807, 2.05) is 43.3 Å². The van der Waals surface area contributed by atoms with Crippen LogP contribution in [0, 0.1) is 0 Å². The molecule has 0 aliphatic carbocycles. The second-order valence-electron chi connectivity index (χ2n) is 5.82. The maximum atomic E-state index is 12.6. The van der Waals surface area contributed by atoms with Gasteiger partial charge in [0, 0.05) is 33.1 Å². The summed E-state index contributed by atoms with van der Waals surface area (Å²) in [4.78, 5) is 38.7. The number of thioether (sulfide) groups is 1. The molecule has 25 heavy (non-hydrogen) atoms. The number of carbonyl (C=O) groups excluding carboxylic acids is 3. The molecule has 1 saturated heterocycles. The third kappa shape index (κ3) is 4.49. The first-order valence-corrected chi connectivity index (χ1v) is 8.91. The van der Waals surface area contributed by atoms with E-state index in [1.165, 1.54) is 23.6 Å². The molecule has 1 heterocycles. The van der Waals surface area contributed by atoms with E-state index in [9.17, 15) is 14.4 Å². The zero-order valence-corrected chi connectivity index (χ0v) is 15.8. The van der Waals surface area contributed by atoms with Gasteiger partial charge in [-0.2, -0.15) is 0 Å². The van der Waals surface area contributed by atoms with Gasteiger partial charge >= 0.3 is 0 Å². The number of amides is 3. The van der Waals surface area contributed by atoms with E-state index < -0.39 is 22.4 Å². The molecule has 1 aliphatic rings. The molecule has 3 N–H and O–H groups in total. The molecule has 1 aromatic carbocycles. The predicted molar refractivity (Wildman–Crippen MR) is 102 cm³/mol. The van der Waals surface area contributed by atoms with Crippen molar-refractivity contribution in [1.29, 1.82) is 0 Å². The molecule has 2 atom stereocenters. The summed E-state index contributed by atoms with van der Waals surface area (Å²) in [5, 5.41) is 1.11. The van der Waals surface area contributed by atoms with Crippen LogP contribution in [0.25, 0.3) is 0 Å². The number of carbonyl (C=O) groups is 3. The van der Waals surface area contributed by atoms with Crippen molar-refractivity contribution in [1.82, 2.24) is 10.2 Å². The first-order valence-electron chi connectivity index (χ1n) is 7.56. The summed E-state index contributed by atoms with van der Waals surface area (Å²) in [6, 6.07) is 7.69. The third-order valence-electron chi connectivity index (χ3n) is 3.66. The lowest BCUT2D eigenvalue weighted by atomic mass is 10.1. The van der Waals surface area contributed by atoms with Crippen LogP contribution in [0.4, 0.5) is 5.69 Å². The Balaban J connectivity index is 2.21. The van der Waals surface area contributed by atoms with Crippen LogP contribution < -0.4 is 16.0 Å². The predicted octanol–water partition coefficient (Wildman–Crippen LogP) is 0.992. The highest BCUT2D eigenvalue weighted by Crippen LogP contribution is 2.44. The molecule has 0 spiro atoms. The number of benzene rings is 1. The number of rotatable bonds is 4. The van der Waals surface area contributed by atoms with Crippen LogP contribution in [-0.4, -0.2) is 47.1 Å². The van der Waals surface area contributed by atoms with E-state index in [2.05, 4.69) is 5.32 Å². The van der Waals surface area contributed by atoms with Crippen LogP contribution in [0.1, 0.15) is 24.3 Å².